The Morgan fingerprint density at radius 2 is 1.62 bits per heavy atom. The number of nitro groups is 2. The third-order valence-corrected chi connectivity index (χ3v) is 4.06. The minimum Gasteiger partial charge on any atom is -0.459 e. The first-order chi connectivity index (χ1) is 15.3. The van der Waals surface area contributed by atoms with E-state index in [4.69, 9.17) is 16.0 Å². The number of furan rings is 1. The molecule has 0 radical (unpaired) electrons. The van der Waals surface area contributed by atoms with Crippen LogP contribution in [-0.2, 0) is 0 Å². The first-order valence-corrected chi connectivity index (χ1v) is 8.75. The van der Waals surface area contributed by atoms with Gasteiger partial charge in [-0.25, -0.2) is 9.97 Å². The molecule has 0 aliphatic heterocycles. The molecular weight excluding hydrogens is 452 g/mol. The lowest BCUT2D eigenvalue weighted by atomic mass is 10.2. The van der Waals surface area contributed by atoms with E-state index in [0.717, 1.165) is 18.5 Å². The number of aromatic nitrogens is 2. The number of anilines is 2. The monoisotopic (exact) mass is 462 g/mol. The Balaban J connectivity index is 1.75. The zero-order chi connectivity index (χ0) is 23.3. The molecule has 164 valence electrons. The molecule has 0 saturated heterocycles. The molecule has 2 amide bonds. The molecule has 0 atom stereocenters. The largest absolute Gasteiger partial charge is 0.459 e. The molecule has 0 aliphatic rings. The number of hydrogen-bond acceptors (Lipinski definition) is 11. The van der Waals surface area contributed by atoms with Gasteiger partial charge < -0.3 is 4.42 Å². The van der Waals surface area contributed by atoms with Crippen LogP contribution in [0.3, 0.4) is 0 Å². The van der Waals surface area contributed by atoms with Gasteiger partial charge in [-0.05, 0) is 24.3 Å². The Bertz CT molecular complexity index is 1200. The normalized spacial score (nSPS) is 10.2. The highest BCUT2D eigenvalue weighted by molar-refractivity contribution is 6.32. The number of nitrogens with zero attached hydrogens (tertiary/aromatic N) is 4. The SMILES string of the molecule is O=C(NNc1ncnc(NNC(=O)c2ccco2)c1[N+](=O)[O-])c1ccc(Cl)c([N+](=O)[O-])c1. The van der Waals surface area contributed by atoms with Gasteiger partial charge in [-0.15, -0.1) is 0 Å². The minimum atomic E-state index is -0.863. The Kier molecular flexibility index (Phi) is 6.40. The molecule has 3 rings (SSSR count). The van der Waals surface area contributed by atoms with Crippen molar-refractivity contribution in [3.05, 3.63) is 79.5 Å². The average molecular weight is 463 g/mol. The lowest BCUT2D eigenvalue weighted by Gasteiger charge is -2.11. The molecule has 15 nitrogen and oxygen atoms in total. The summed E-state index contributed by atoms with van der Waals surface area (Å²) in [6.07, 6.45) is 2.19. The fraction of sp³-hybridized carbons (Fsp3) is 0. The molecule has 0 spiro atoms. The lowest BCUT2D eigenvalue weighted by Crippen LogP contribution is -2.32. The molecule has 0 fully saturated rings. The van der Waals surface area contributed by atoms with Gasteiger partial charge in [-0.2, -0.15) is 0 Å². The van der Waals surface area contributed by atoms with Gasteiger partial charge in [0.25, 0.3) is 11.6 Å². The minimum absolute atomic E-state index is 0.0584. The number of rotatable bonds is 8. The third kappa shape index (κ3) is 4.85. The summed E-state index contributed by atoms with van der Waals surface area (Å²) in [5, 5.41) is 22.3. The molecule has 3 aromatic rings. The van der Waals surface area contributed by atoms with Crippen molar-refractivity contribution in [3.8, 4) is 0 Å². The average Bonchev–Trinajstić information content (AvgIpc) is 3.30. The van der Waals surface area contributed by atoms with Crippen LogP contribution in [0.4, 0.5) is 23.0 Å². The van der Waals surface area contributed by atoms with Crippen LogP contribution in [0.25, 0.3) is 0 Å². The van der Waals surface area contributed by atoms with E-state index in [0.29, 0.717) is 0 Å². The number of hydrazine groups is 2. The molecule has 0 bridgehead atoms. The second kappa shape index (κ2) is 9.35. The van der Waals surface area contributed by atoms with Gasteiger partial charge in [0.1, 0.15) is 11.3 Å². The van der Waals surface area contributed by atoms with Gasteiger partial charge in [0.2, 0.25) is 11.6 Å². The Morgan fingerprint density at radius 3 is 2.19 bits per heavy atom. The number of benzene rings is 1. The quantitative estimate of drug-likeness (QED) is 0.281. The highest BCUT2D eigenvalue weighted by Gasteiger charge is 2.25. The fourth-order valence-corrected chi connectivity index (χ4v) is 2.49. The summed E-state index contributed by atoms with van der Waals surface area (Å²) < 4.78 is 4.89. The van der Waals surface area contributed by atoms with Gasteiger partial charge in [0, 0.05) is 11.6 Å². The van der Waals surface area contributed by atoms with Gasteiger partial charge in [-0.1, -0.05) is 11.6 Å². The standard InChI is InChI=1S/C16H11ClN8O7/c17-9-4-3-8(6-10(9)24(28)29)15(26)22-20-13-12(25(30)31)14(19-7-18-13)21-23-16(27)11-2-1-5-32-11/h1-7H,(H,22,26)(H,23,27)(H2,18,19,20,21). The third-order valence-electron chi connectivity index (χ3n) is 3.74. The van der Waals surface area contributed by atoms with Gasteiger partial charge in [0.05, 0.1) is 16.1 Å². The molecule has 0 unspecified atom stereocenters. The second-order valence-electron chi connectivity index (χ2n) is 5.74. The summed E-state index contributed by atoms with van der Waals surface area (Å²) in [6, 6.07) is 6.16. The summed E-state index contributed by atoms with van der Waals surface area (Å²) in [4.78, 5) is 52.4. The van der Waals surface area contributed by atoms with Crippen molar-refractivity contribution in [3.63, 3.8) is 0 Å². The van der Waals surface area contributed by atoms with Crippen molar-refractivity contribution in [2.75, 3.05) is 10.9 Å². The van der Waals surface area contributed by atoms with Crippen LogP contribution in [0.1, 0.15) is 20.9 Å². The first-order valence-electron chi connectivity index (χ1n) is 8.37. The highest BCUT2D eigenvalue weighted by Crippen LogP contribution is 2.28. The second-order valence-corrected chi connectivity index (χ2v) is 6.14. The van der Waals surface area contributed by atoms with Crippen molar-refractivity contribution < 1.29 is 23.9 Å². The highest BCUT2D eigenvalue weighted by atomic mass is 35.5. The molecule has 2 heterocycles. The smallest absolute Gasteiger partial charge is 0.356 e. The van der Waals surface area contributed by atoms with Gasteiger partial charge >= 0.3 is 11.6 Å². The number of nitro benzene ring substituents is 1. The van der Waals surface area contributed by atoms with Crippen molar-refractivity contribution in [1.82, 2.24) is 20.8 Å². The molecule has 0 aliphatic carbocycles. The Labute approximate surface area is 182 Å². The molecule has 32 heavy (non-hydrogen) atoms. The molecule has 2 aromatic heterocycles. The first kappa shape index (κ1) is 21.9. The zero-order valence-corrected chi connectivity index (χ0v) is 16.3. The van der Waals surface area contributed by atoms with Crippen LogP contribution in [0.2, 0.25) is 5.02 Å². The summed E-state index contributed by atoms with van der Waals surface area (Å²) in [7, 11) is 0. The van der Waals surface area contributed by atoms with E-state index < -0.39 is 44.7 Å². The number of nitrogens with one attached hydrogen (secondary N) is 4. The van der Waals surface area contributed by atoms with Crippen LogP contribution < -0.4 is 21.7 Å². The topological polar surface area (TPSA) is 207 Å². The molecule has 4 N–H and O–H groups in total. The van der Waals surface area contributed by atoms with Gasteiger partial charge in [-0.3, -0.25) is 51.5 Å². The van der Waals surface area contributed by atoms with E-state index in [1.165, 1.54) is 24.5 Å². The number of carbonyl (C=O) groups is 2. The molecule has 0 saturated carbocycles. The van der Waals surface area contributed by atoms with Crippen LogP contribution in [-0.4, -0.2) is 31.6 Å². The van der Waals surface area contributed by atoms with Crippen molar-refractivity contribution >= 4 is 46.4 Å². The number of hydrogen-bond donors (Lipinski definition) is 4. The fourth-order valence-electron chi connectivity index (χ4n) is 2.30. The van der Waals surface area contributed by atoms with E-state index in [2.05, 4.69) is 31.7 Å². The van der Waals surface area contributed by atoms with E-state index in [1.54, 1.807) is 0 Å². The summed E-state index contributed by atoms with van der Waals surface area (Å²) in [5.41, 5.74) is 7.47. The Morgan fingerprint density at radius 1 is 0.969 bits per heavy atom. The zero-order valence-electron chi connectivity index (χ0n) is 15.6. The van der Waals surface area contributed by atoms with Crippen molar-refractivity contribution in [2.45, 2.75) is 0 Å². The van der Waals surface area contributed by atoms with Crippen LogP contribution in [0, 0.1) is 20.2 Å². The molecule has 16 heteroatoms. The predicted octanol–water partition coefficient (Wildman–Crippen LogP) is 2.05. The predicted molar refractivity (Wildman–Crippen MR) is 108 cm³/mol. The van der Waals surface area contributed by atoms with Crippen molar-refractivity contribution in [2.24, 2.45) is 0 Å². The van der Waals surface area contributed by atoms with E-state index >= 15 is 0 Å². The number of halogens is 1. The van der Waals surface area contributed by atoms with Crippen LogP contribution >= 0.6 is 11.6 Å². The summed E-state index contributed by atoms with van der Waals surface area (Å²) >= 11 is 5.70. The van der Waals surface area contributed by atoms with Crippen LogP contribution in [0.5, 0.6) is 0 Å². The van der Waals surface area contributed by atoms with E-state index in [9.17, 15) is 29.8 Å². The lowest BCUT2D eigenvalue weighted by molar-refractivity contribution is -0.384. The molecular formula is C16H11ClN8O7. The maximum atomic E-state index is 12.3. The number of carbonyl (C=O) groups excluding carboxylic acids is 2. The molecule has 1 aromatic carbocycles. The summed E-state index contributed by atoms with van der Waals surface area (Å²) in [5.74, 6) is -2.48. The Hall–Kier alpha value is -4.79. The maximum Gasteiger partial charge on any atom is 0.356 e. The van der Waals surface area contributed by atoms with Gasteiger partial charge in [0.15, 0.2) is 5.76 Å². The maximum absolute atomic E-state index is 12.3. The van der Waals surface area contributed by atoms with Crippen LogP contribution in [0.15, 0.2) is 47.3 Å². The van der Waals surface area contributed by atoms with Crippen molar-refractivity contribution in [1.29, 1.82) is 0 Å². The van der Waals surface area contributed by atoms with E-state index in [1.807, 2.05) is 0 Å². The number of amides is 2. The summed E-state index contributed by atoms with van der Waals surface area (Å²) in [6.45, 7) is 0. The van der Waals surface area contributed by atoms with E-state index in [-0.39, 0.29) is 16.3 Å².